The molecule has 18 nitrogen and oxygen atoms in total. The van der Waals surface area contributed by atoms with Gasteiger partial charge in [0.05, 0.1) is 45.1 Å². The normalized spacial score (nSPS) is 22.8. The molecule has 0 spiro atoms. The number of urea groups is 1. The van der Waals surface area contributed by atoms with E-state index in [0.717, 1.165) is 38.2 Å². The second-order valence-electron chi connectivity index (χ2n) is 29.8. The van der Waals surface area contributed by atoms with E-state index >= 15 is 14.4 Å². The highest BCUT2D eigenvalue weighted by atomic mass is 28.4. The van der Waals surface area contributed by atoms with E-state index in [-0.39, 0.29) is 61.7 Å². The third-order valence-electron chi connectivity index (χ3n) is 18.4. The second-order valence-corrected chi connectivity index (χ2v) is 50.6. The van der Waals surface area contributed by atoms with Gasteiger partial charge in [-0.25, -0.2) is 19.1 Å². The lowest BCUT2D eigenvalue weighted by molar-refractivity contribution is -0.156. The predicted molar refractivity (Wildman–Crippen MR) is 350 cm³/mol. The second kappa shape index (κ2) is 27.5. The highest BCUT2D eigenvalue weighted by Gasteiger charge is 2.54. The fourth-order valence-corrected chi connectivity index (χ4v) is 14.6. The van der Waals surface area contributed by atoms with Crippen molar-refractivity contribution in [2.45, 2.75) is 205 Å². The van der Waals surface area contributed by atoms with Crippen LogP contribution in [0.5, 0.6) is 11.5 Å². The number of aliphatic hydroxyl groups excluding tert-OH is 1. The van der Waals surface area contributed by atoms with Gasteiger partial charge >= 0.3 is 11.7 Å². The molecule has 4 aromatic rings. The van der Waals surface area contributed by atoms with Crippen molar-refractivity contribution >= 4 is 44.7 Å². The first-order valence-electron chi connectivity index (χ1n) is 30.9. The molecule has 1 unspecified atom stereocenters. The molecule has 7 rings (SSSR count). The number of carbonyl (C=O) groups excluding carboxylic acids is 2. The largest absolute Gasteiger partial charge is 0.497 e. The zero-order chi connectivity index (χ0) is 64.3. The Morgan fingerprint density at radius 1 is 0.644 bits per heavy atom. The van der Waals surface area contributed by atoms with Crippen LogP contribution in [0.4, 0.5) is 4.79 Å². The third-order valence-corrected chi connectivity index (χ3v) is 30.8. The minimum atomic E-state index is -2.41. The third kappa shape index (κ3) is 16.5. The van der Waals surface area contributed by atoms with Crippen LogP contribution in [-0.4, -0.2) is 153 Å². The molecule has 3 aliphatic rings. The zero-order valence-corrected chi connectivity index (χ0v) is 59.6. The number of amides is 3. The lowest BCUT2D eigenvalue weighted by atomic mass is 9.80. The number of carbonyl (C=O) groups is 2. The van der Waals surface area contributed by atoms with Crippen molar-refractivity contribution in [2.75, 3.05) is 53.9 Å². The average Bonchev–Trinajstić information content (AvgIpc) is 1.84. The molecule has 0 aliphatic carbocycles. The summed E-state index contributed by atoms with van der Waals surface area (Å²) in [6.07, 6.45) is -3.34. The van der Waals surface area contributed by atoms with Crippen LogP contribution in [0.3, 0.4) is 0 Å². The molecular formula is C65H102N4O14Si4. The topological polar surface area (TPSA) is 188 Å². The van der Waals surface area contributed by atoms with Gasteiger partial charge in [0.25, 0.3) is 5.56 Å². The van der Waals surface area contributed by atoms with E-state index in [9.17, 15) is 9.90 Å². The fraction of sp³-hybridized carbons (Fsp3) is 0.631. The molecule has 3 aliphatic heterocycles. The van der Waals surface area contributed by atoms with Crippen molar-refractivity contribution in [3.8, 4) is 11.5 Å². The molecule has 0 bridgehead atoms. The smallest absolute Gasteiger partial charge is 0.335 e. The maximum Gasteiger partial charge on any atom is 0.335 e. The number of rotatable bonds is 27. The van der Waals surface area contributed by atoms with Crippen molar-refractivity contribution in [3.05, 3.63) is 128 Å². The average molecular weight is 1280 g/mol. The number of aliphatic hydroxyl groups is 1. The Balaban J connectivity index is 1.26. The molecule has 3 fully saturated rings. The van der Waals surface area contributed by atoms with E-state index < -0.39 is 104 Å². The number of aromatic nitrogens is 2. The lowest BCUT2D eigenvalue weighted by Crippen LogP contribution is -2.64. The summed E-state index contributed by atoms with van der Waals surface area (Å²) in [7, 11) is -4.64. The molecular weight excluding hydrogens is 1170 g/mol. The zero-order valence-electron chi connectivity index (χ0n) is 55.6. The molecule has 3 aromatic carbocycles. The molecule has 1 aromatic heterocycles. The van der Waals surface area contributed by atoms with Crippen LogP contribution in [0.15, 0.2) is 94.6 Å². The summed E-state index contributed by atoms with van der Waals surface area (Å²) in [5, 5.41) is 11.9. The van der Waals surface area contributed by atoms with E-state index in [2.05, 4.69) is 107 Å². The van der Waals surface area contributed by atoms with E-state index in [1.54, 1.807) is 21.1 Å². The number of nitrogens with zero attached hydrogens (tertiary/aromatic N) is 4. The Hall–Kier alpha value is -4.57. The molecule has 0 saturated carbocycles. The van der Waals surface area contributed by atoms with Crippen molar-refractivity contribution in [3.63, 3.8) is 0 Å². The molecule has 3 saturated heterocycles. The van der Waals surface area contributed by atoms with Gasteiger partial charge in [0.1, 0.15) is 55.2 Å². The van der Waals surface area contributed by atoms with Crippen molar-refractivity contribution in [2.24, 2.45) is 5.41 Å². The van der Waals surface area contributed by atoms with Gasteiger partial charge in [0.15, 0.2) is 16.6 Å². The van der Waals surface area contributed by atoms with E-state index in [4.69, 9.17) is 42.0 Å². The molecule has 482 valence electrons. The van der Waals surface area contributed by atoms with Crippen LogP contribution in [0.25, 0.3) is 0 Å². The first-order chi connectivity index (χ1) is 40.4. The Morgan fingerprint density at radius 3 is 1.68 bits per heavy atom. The summed E-state index contributed by atoms with van der Waals surface area (Å²) in [6, 6.07) is 26.0. The van der Waals surface area contributed by atoms with Crippen LogP contribution in [0, 0.1) is 5.41 Å². The Kier molecular flexibility index (Phi) is 22.1. The summed E-state index contributed by atoms with van der Waals surface area (Å²) < 4.78 is 60.9. The highest BCUT2D eigenvalue weighted by Crippen LogP contribution is 2.45. The van der Waals surface area contributed by atoms with Crippen LogP contribution >= 0.6 is 0 Å². The van der Waals surface area contributed by atoms with Crippen molar-refractivity contribution in [1.82, 2.24) is 18.9 Å². The quantitative estimate of drug-likeness (QED) is 0.0337. The summed E-state index contributed by atoms with van der Waals surface area (Å²) in [6.45, 7) is 36.9. The first-order valence-corrected chi connectivity index (χ1v) is 44.1. The number of hydrogen-bond donors (Lipinski definition) is 1. The summed E-state index contributed by atoms with van der Waals surface area (Å²) in [4.78, 5) is 63.0. The van der Waals surface area contributed by atoms with Gasteiger partial charge in [-0.2, -0.15) is 0 Å². The molecule has 1 N–H and O–H groups in total. The molecule has 87 heavy (non-hydrogen) atoms. The van der Waals surface area contributed by atoms with Crippen LogP contribution in [-0.2, 0) is 56.1 Å². The minimum Gasteiger partial charge on any atom is -0.497 e. The number of imide groups is 1. The summed E-state index contributed by atoms with van der Waals surface area (Å²) in [5.41, 5.74) is -1.44. The van der Waals surface area contributed by atoms with E-state index in [1.807, 2.05) is 78.9 Å². The van der Waals surface area contributed by atoms with Gasteiger partial charge < -0.3 is 47.1 Å². The van der Waals surface area contributed by atoms with Gasteiger partial charge in [-0.1, -0.05) is 135 Å². The number of methoxy groups -OCH3 is 2. The van der Waals surface area contributed by atoms with Gasteiger partial charge in [0, 0.05) is 60.5 Å². The van der Waals surface area contributed by atoms with Crippen LogP contribution < -0.4 is 20.7 Å². The Bertz CT molecular complexity index is 3030. The molecule has 4 heterocycles. The lowest BCUT2D eigenvalue weighted by Gasteiger charge is -2.45. The van der Waals surface area contributed by atoms with Crippen molar-refractivity contribution < 1.29 is 56.7 Å². The Morgan fingerprint density at radius 2 is 1.16 bits per heavy atom. The van der Waals surface area contributed by atoms with Gasteiger partial charge in [-0.05, 0) is 103 Å². The van der Waals surface area contributed by atoms with Crippen LogP contribution in [0.2, 0.25) is 87.6 Å². The number of benzene rings is 3. The fourth-order valence-electron chi connectivity index (χ4n) is 10.7. The standard InChI is InChI=1S/C65H102N4O14Si4/c1-62(2,3)86(16,17)80-42-55-53(83-87(18,19)63(4,5)6)38-57(82-55)66-40-46(58(71)68(60(66)73)44-77-33-35-84(10,11)12)39-64(7)43-67(61(74)69(59(64)72)45-78-34-36-85(13,14)15)56-37-52(70)54(81-56)41-79-65(47-23-21-20-22-24-47,48-25-29-50(75-8)30-26-48)49-27-31-51(76-9)32-28-49/h20-32,40,52-57,70H,33-39,41-45H2,1-19H3/t52-,53-,54+,55+,56+,57+,64?/m0/s1. The van der Waals surface area contributed by atoms with E-state index in [0.29, 0.717) is 31.1 Å². The Labute approximate surface area is 521 Å². The van der Waals surface area contributed by atoms with E-state index in [1.165, 1.54) is 15.7 Å². The monoisotopic (exact) mass is 1270 g/mol. The summed E-state index contributed by atoms with van der Waals surface area (Å²) in [5.74, 6) is 0.767. The molecule has 0 radical (unpaired) electrons. The SMILES string of the molecule is COc1ccc(C(OC[C@H]2O[C@@H](N3CC(C)(Cc4cn([C@H]5C[C@H](O[Si](C)(C)C(C)(C)C)[C@@H](CO[Si](C)(C)C(C)(C)C)O5)c(=O)n(COCC[Si](C)(C)C)c4=O)C(=O)N(COCC[Si](C)(C)C)C3=O)C[C@@H]2O)(c2ccccc2)c2ccc(OC)cc2)cc1. The van der Waals surface area contributed by atoms with Gasteiger partial charge in [-0.15, -0.1) is 0 Å². The van der Waals surface area contributed by atoms with Gasteiger partial charge in [-0.3, -0.25) is 19.1 Å². The maximum absolute atomic E-state index is 15.3. The number of hydrogen-bond acceptors (Lipinski definition) is 14. The molecule has 22 heteroatoms. The minimum absolute atomic E-state index is 0.0123. The predicted octanol–water partition coefficient (Wildman–Crippen LogP) is 11.6. The summed E-state index contributed by atoms with van der Waals surface area (Å²) >= 11 is 0. The highest BCUT2D eigenvalue weighted by molar-refractivity contribution is 6.76. The molecule has 3 amide bonds. The number of ether oxygens (including phenoxy) is 7. The molecule has 7 atom stereocenters. The van der Waals surface area contributed by atoms with Crippen LogP contribution in [0.1, 0.15) is 89.8 Å². The first kappa shape index (κ1) is 69.9. The van der Waals surface area contributed by atoms with Crippen molar-refractivity contribution in [1.29, 1.82) is 0 Å². The van der Waals surface area contributed by atoms with Gasteiger partial charge in [0.2, 0.25) is 5.91 Å². The maximum atomic E-state index is 15.3.